The number of hydrogen-bond donors (Lipinski definition) is 1. The van der Waals surface area contributed by atoms with Crippen molar-refractivity contribution in [3.8, 4) is 11.6 Å². The Balaban J connectivity index is 1.69. The molecule has 0 amide bonds. The van der Waals surface area contributed by atoms with E-state index in [1.54, 1.807) is 37.3 Å². The minimum atomic E-state index is -3.96. The fourth-order valence-corrected chi connectivity index (χ4v) is 4.59. The van der Waals surface area contributed by atoms with Gasteiger partial charge in [-0.1, -0.05) is 6.92 Å². The number of fused-ring (bicyclic) bond motifs is 1. The number of nitrogens with one attached hydrogen (secondary N) is 1. The second-order valence-electron chi connectivity index (χ2n) is 7.15. The van der Waals surface area contributed by atoms with E-state index in [0.717, 1.165) is 17.4 Å². The van der Waals surface area contributed by atoms with Crippen molar-refractivity contribution in [2.75, 3.05) is 18.9 Å². The Hall–Kier alpha value is -3.44. The van der Waals surface area contributed by atoms with Gasteiger partial charge in [0.25, 0.3) is 10.0 Å². The van der Waals surface area contributed by atoms with E-state index >= 15 is 0 Å². The van der Waals surface area contributed by atoms with Crippen LogP contribution >= 0.6 is 0 Å². The average molecular weight is 457 g/mol. The van der Waals surface area contributed by atoms with Crippen LogP contribution < -0.4 is 9.46 Å². The SMILES string of the molecule is CC[C@H](OC)c1ccnc(-n2cc(S(=O)(=O)Nc3c(OC)ccc4cnn(C)c34)cn2)c1. The molecule has 4 aromatic rings. The quantitative estimate of drug-likeness (QED) is 0.433. The summed E-state index contributed by atoms with van der Waals surface area (Å²) in [6.07, 6.45) is 6.72. The topological polar surface area (TPSA) is 113 Å². The molecule has 1 N–H and O–H groups in total. The van der Waals surface area contributed by atoms with Crippen LogP contribution in [0.1, 0.15) is 25.0 Å². The molecule has 0 saturated carbocycles. The number of ether oxygens (including phenoxy) is 2. The molecule has 0 unspecified atom stereocenters. The van der Waals surface area contributed by atoms with Crippen molar-refractivity contribution in [3.63, 3.8) is 0 Å². The third kappa shape index (κ3) is 3.92. The lowest BCUT2D eigenvalue weighted by Gasteiger charge is -2.14. The molecule has 32 heavy (non-hydrogen) atoms. The zero-order valence-electron chi connectivity index (χ0n) is 18.2. The van der Waals surface area contributed by atoms with Crippen molar-refractivity contribution < 1.29 is 17.9 Å². The Labute approximate surface area is 185 Å². The number of hydrogen-bond acceptors (Lipinski definition) is 7. The first-order valence-corrected chi connectivity index (χ1v) is 11.4. The Morgan fingerprint density at radius 3 is 2.69 bits per heavy atom. The lowest BCUT2D eigenvalue weighted by molar-refractivity contribution is 0.0999. The summed E-state index contributed by atoms with van der Waals surface area (Å²) in [4.78, 5) is 4.30. The molecule has 0 spiro atoms. The van der Waals surface area contributed by atoms with Crippen LogP contribution in [-0.4, -0.2) is 47.2 Å². The van der Waals surface area contributed by atoms with Crippen LogP contribution in [0, 0.1) is 0 Å². The number of aryl methyl sites for hydroxylation is 1. The molecule has 10 nitrogen and oxygen atoms in total. The van der Waals surface area contributed by atoms with E-state index in [4.69, 9.17) is 9.47 Å². The van der Waals surface area contributed by atoms with Gasteiger partial charge in [0.15, 0.2) is 5.82 Å². The zero-order chi connectivity index (χ0) is 22.9. The first-order valence-electron chi connectivity index (χ1n) is 9.93. The molecule has 3 aromatic heterocycles. The molecule has 3 heterocycles. The predicted molar refractivity (Wildman–Crippen MR) is 119 cm³/mol. The van der Waals surface area contributed by atoms with Gasteiger partial charge in [-0.2, -0.15) is 10.2 Å². The lowest BCUT2D eigenvalue weighted by atomic mass is 10.1. The second-order valence-corrected chi connectivity index (χ2v) is 8.84. The van der Waals surface area contributed by atoms with Crippen LogP contribution in [0.4, 0.5) is 5.69 Å². The van der Waals surface area contributed by atoms with E-state index in [-0.39, 0.29) is 11.0 Å². The van der Waals surface area contributed by atoms with E-state index in [1.807, 2.05) is 25.1 Å². The van der Waals surface area contributed by atoms with Crippen molar-refractivity contribution >= 4 is 26.6 Å². The molecule has 4 rings (SSSR count). The third-order valence-corrected chi connectivity index (χ3v) is 6.53. The first-order chi connectivity index (χ1) is 15.4. The number of sulfonamides is 1. The Kier molecular flexibility index (Phi) is 5.85. The third-order valence-electron chi connectivity index (χ3n) is 5.22. The first kappa shape index (κ1) is 21.8. The minimum Gasteiger partial charge on any atom is -0.494 e. The molecular weight excluding hydrogens is 432 g/mol. The molecule has 0 bridgehead atoms. The predicted octanol–water partition coefficient (Wildman–Crippen LogP) is 3.06. The fraction of sp³-hybridized carbons (Fsp3) is 0.286. The molecule has 0 aliphatic carbocycles. The number of pyridine rings is 1. The maximum absolute atomic E-state index is 13.2. The number of aromatic nitrogens is 5. The molecule has 1 aromatic carbocycles. The molecule has 0 fully saturated rings. The number of benzene rings is 1. The van der Waals surface area contributed by atoms with Crippen molar-refractivity contribution in [3.05, 3.63) is 54.6 Å². The van der Waals surface area contributed by atoms with Crippen LogP contribution in [-0.2, 0) is 21.8 Å². The van der Waals surface area contributed by atoms with Gasteiger partial charge in [0, 0.05) is 25.7 Å². The van der Waals surface area contributed by atoms with Gasteiger partial charge in [0.05, 0.1) is 37.3 Å². The van der Waals surface area contributed by atoms with Crippen molar-refractivity contribution in [2.45, 2.75) is 24.3 Å². The van der Waals surface area contributed by atoms with Crippen LogP contribution in [0.3, 0.4) is 0 Å². The van der Waals surface area contributed by atoms with E-state index in [2.05, 4.69) is 19.9 Å². The number of rotatable bonds is 8. The van der Waals surface area contributed by atoms with Crippen molar-refractivity contribution in [1.82, 2.24) is 24.5 Å². The van der Waals surface area contributed by atoms with Crippen LogP contribution in [0.25, 0.3) is 16.7 Å². The standard InChI is InChI=1S/C21H24N6O4S/c1-5-17(30-3)14-8-9-22-19(10-14)27-13-16(12-24-27)32(28,29)25-20-18(31-4)7-6-15-11-23-26(2)21(15)20/h6-13,17,25H,5H2,1-4H3/t17-/m0/s1. The molecule has 0 saturated heterocycles. The fourth-order valence-electron chi connectivity index (χ4n) is 3.58. The lowest BCUT2D eigenvalue weighted by Crippen LogP contribution is -2.14. The van der Waals surface area contributed by atoms with Gasteiger partial charge in [-0.25, -0.2) is 18.1 Å². The van der Waals surface area contributed by atoms with Gasteiger partial charge in [-0.15, -0.1) is 0 Å². The molecule has 0 aliphatic heterocycles. The highest BCUT2D eigenvalue weighted by Crippen LogP contribution is 2.34. The molecule has 1 atom stereocenters. The summed E-state index contributed by atoms with van der Waals surface area (Å²) >= 11 is 0. The molecule has 168 valence electrons. The number of methoxy groups -OCH3 is 2. The van der Waals surface area contributed by atoms with Gasteiger partial charge in [-0.05, 0) is 36.2 Å². The van der Waals surface area contributed by atoms with Crippen LogP contribution in [0.5, 0.6) is 5.75 Å². The van der Waals surface area contributed by atoms with Crippen molar-refractivity contribution in [1.29, 1.82) is 0 Å². The summed E-state index contributed by atoms with van der Waals surface area (Å²) in [5.74, 6) is 0.877. The highest BCUT2D eigenvalue weighted by Gasteiger charge is 2.22. The smallest absolute Gasteiger partial charge is 0.265 e. The summed E-state index contributed by atoms with van der Waals surface area (Å²) in [5, 5.41) is 9.19. The second kappa shape index (κ2) is 8.60. The van der Waals surface area contributed by atoms with Gasteiger partial charge < -0.3 is 9.47 Å². The van der Waals surface area contributed by atoms with E-state index in [1.165, 1.54) is 24.2 Å². The van der Waals surface area contributed by atoms with E-state index in [0.29, 0.717) is 22.8 Å². The Morgan fingerprint density at radius 2 is 1.97 bits per heavy atom. The number of anilines is 1. The average Bonchev–Trinajstić information content (AvgIpc) is 3.43. The summed E-state index contributed by atoms with van der Waals surface area (Å²) in [6.45, 7) is 2.02. The highest BCUT2D eigenvalue weighted by molar-refractivity contribution is 7.92. The molecule has 11 heteroatoms. The minimum absolute atomic E-state index is 0.00953. The summed E-state index contributed by atoms with van der Waals surface area (Å²) in [7, 11) is 0.904. The van der Waals surface area contributed by atoms with E-state index < -0.39 is 10.0 Å². The summed E-state index contributed by atoms with van der Waals surface area (Å²) < 4.78 is 42.8. The van der Waals surface area contributed by atoms with Gasteiger partial charge in [0.2, 0.25) is 0 Å². The maximum Gasteiger partial charge on any atom is 0.265 e. The highest BCUT2D eigenvalue weighted by atomic mass is 32.2. The normalized spacial score (nSPS) is 12.8. The van der Waals surface area contributed by atoms with Gasteiger partial charge in [0.1, 0.15) is 16.3 Å². The maximum atomic E-state index is 13.2. The largest absolute Gasteiger partial charge is 0.494 e. The van der Waals surface area contributed by atoms with Gasteiger partial charge in [-0.3, -0.25) is 9.40 Å². The van der Waals surface area contributed by atoms with E-state index in [9.17, 15) is 8.42 Å². The summed E-state index contributed by atoms with van der Waals surface area (Å²) in [5.41, 5.74) is 1.86. The molecule has 0 aliphatic rings. The zero-order valence-corrected chi connectivity index (χ0v) is 19.0. The van der Waals surface area contributed by atoms with Crippen LogP contribution in [0.15, 0.2) is 53.9 Å². The molecular formula is C21H24N6O4S. The van der Waals surface area contributed by atoms with Gasteiger partial charge >= 0.3 is 0 Å². The monoisotopic (exact) mass is 456 g/mol. The van der Waals surface area contributed by atoms with Crippen molar-refractivity contribution in [2.24, 2.45) is 7.05 Å². The number of nitrogens with zero attached hydrogens (tertiary/aromatic N) is 5. The summed E-state index contributed by atoms with van der Waals surface area (Å²) in [6, 6.07) is 7.21. The Bertz CT molecular complexity index is 1360. The Morgan fingerprint density at radius 1 is 1.16 bits per heavy atom. The van der Waals surface area contributed by atoms with Crippen LogP contribution in [0.2, 0.25) is 0 Å². The molecule has 0 radical (unpaired) electrons.